The Balaban J connectivity index is 3.23. The molecule has 0 aliphatic heterocycles. The molecule has 1 rings (SSSR count). The van der Waals surface area contributed by atoms with Crippen LogP contribution in [0.25, 0.3) is 0 Å². The van der Waals surface area contributed by atoms with Crippen LogP contribution in [-0.2, 0) is 14.6 Å². The predicted molar refractivity (Wildman–Crippen MR) is 91.8 cm³/mol. The second-order valence-corrected chi connectivity index (χ2v) is 7.77. The molecule has 7 heteroatoms. The molecule has 130 valence electrons. The average Bonchev–Trinajstić information content (AvgIpc) is 2.50. The third kappa shape index (κ3) is 5.19. The first-order valence-electron chi connectivity index (χ1n) is 7.55. The standard InChI is InChI=1S/C16H24ClNO4S/c1-5-13(6-2)18(9-10-22-3)16(19)12-7-8-14(17)15(11-12)23(4,20)21/h7-8,11,13H,5-6,9-10H2,1-4H3. The molecule has 1 amide bonds. The van der Waals surface area contributed by atoms with Crippen molar-refractivity contribution in [2.24, 2.45) is 0 Å². The van der Waals surface area contributed by atoms with Crippen LogP contribution in [0.3, 0.4) is 0 Å². The fourth-order valence-electron chi connectivity index (χ4n) is 2.46. The van der Waals surface area contributed by atoms with Gasteiger partial charge in [0, 0.05) is 31.5 Å². The Hall–Kier alpha value is -1.11. The van der Waals surface area contributed by atoms with Crippen LogP contribution >= 0.6 is 11.6 Å². The van der Waals surface area contributed by atoms with E-state index in [4.69, 9.17) is 16.3 Å². The van der Waals surface area contributed by atoms with Crippen molar-refractivity contribution >= 4 is 27.3 Å². The SMILES string of the molecule is CCC(CC)N(CCOC)C(=O)c1ccc(Cl)c(S(C)(=O)=O)c1. The maximum atomic E-state index is 12.8. The summed E-state index contributed by atoms with van der Waals surface area (Å²) in [5, 5.41) is 0.120. The lowest BCUT2D eigenvalue weighted by atomic mass is 10.1. The Morgan fingerprint density at radius 3 is 2.39 bits per heavy atom. The Kier molecular flexibility index (Phi) is 7.51. The highest BCUT2D eigenvalue weighted by molar-refractivity contribution is 7.90. The van der Waals surface area contributed by atoms with E-state index < -0.39 is 9.84 Å². The smallest absolute Gasteiger partial charge is 0.254 e. The van der Waals surface area contributed by atoms with Crippen molar-refractivity contribution in [3.63, 3.8) is 0 Å². The zero-order chi connectivity index (χ0) is 17.6. The molecule has 5 nitrogen and oxygen atoms in total. The third-order valence-electron chi connectivity index (χ3n) is 3.76. The highest BCUT2D eigenvalue weighted by Crippen LogP contribution is 2.24. The molecule has 0 fully saturated rings. The van der Waals surface area contributed by atoms with Gasteiger partial charge in [0.05, 0.1) is 16.5 Å². The van der Waals surface area contributed by atoms with Gasteiger partial charge >= 0.3 is 0 Å². The number of carbonyl (C=O) groups is 1. The summed E-state index contributed by atoms with van der Waals surface area (Å²) < 4.78 is 28.7. The van der Waals surface area contributed by atoms with Gasteiger partial charge in [0.25, 0.3) is 5.91 Å². The van der Waals surface area contributed by atoms with E-state index in [1.807, 2.05) is 13.8 Å². The second-order valence-electron chi connectivity index (χ2n) is 5.38. The zero-order valence-corrected chi connectivity index (χ0v) is 15.6. The summed E-state index contributed by atoms with van der Waals surface area (Å²) in [6.07, 6.45) is 2.71. The summed E-state index contributed by atoms with van der Waals surface area (Å²) in [5.74, 6) is -0.211. The summed E-state index contributed by atoms with van der Waals surface area (Å²) in [6.45, 7) is 4.92. The Labute approximate surface area is 143 Å². The van der Waals surface area contributed by atoms with E-state index in [0.717, 1.165) is 19.1 Å². The van der Waals surface area contributed by atoms with E-state index in [2.05, 4.69) is 0 Å². The molecule has 0 heterocycles. The summed E-state index contributed by atoms with van der Waals surface area (Å²) in [5.41, 5.74) is 0.317. The van der Waals surface area contributed by atoms with E-state index in [1.54, 1.807) is 18.1 Å². The van der Waals surface area contributed by atoms with Crippen molar-refractivity contribution in [3.05, 3.63) is 28.8 Å². The van der Waals surface area contributed by atoms with Crippen LogP contribution in [0.15, 0.2) is 23.1 Å². The van der Waals surface area contributed by atoms with Crippen LogP contribution in [0, 0.1) is 0 Å². The number of ether oxygens (including phenoxy) is 1. The van der Waals surface area contributed by atoms with E-state index >= 15 is 0 Å². The van der Waals surface area contributed by atoms with Gasteiger partial charge in [-0.2, -0.15) is 0 Å². The normalized spacial score (nSPS) is 11.7. The highest BCUT2D eigenvalue weighted by atomic mass is 35.5. The third-order valence-corrected chi connectivity index (χ3v) is 5.34. The summed E-state index contributed by atoms with van der Waals surface area (Å²) in [7, 11) is -1.91. The Bertz CT molecular complexity index is 641. The number of hydrogen-bond donors (Lipinski definition) is 0. The molecule has 0 N–H and O–H groups in total. The van der Waals surface area contributed by atoms with Gasteiger partial charge in [0.2, 0.25) is 0 Å². The molecule has 0 aromatic heterocycles. The number of hydrogen-bond acceptors (Lipinski definition) is 4. The lowest BCUT2D eigenvalue weighted by Gasteiger charge is -2.30. The molecule has 0 aliphatic carbocycles. The Morgan fingerprint density at radius 2 is 1.91 bits per heavy atom. The number of sulfone groups is 1. The first-order chi connectivity index (χ1) is 10.8. The van der Waals surface area contributed by atoms with Gasteiger partial charge < -0.3 is 9.64 Å². The summed E-state index contributed by atoms with van der Waals surface area (Å²) in [6, 6.07) is 4.44. The zero-order valence-electron chi connectivity index (χ0n) is 14.0. The summed E-state index contributed by atoms with van der Waals surface area (Å²) >= 11 is 5.94. The van der Waals surface area contributed by atoms with E-state index in [1.165, 1.54) is 12.1 Å². The van der Waals surface area contributed by atoms with Gasteiger partial charge in [-0.05, 0) is 31.0 Å². The van der Waals surface area contributed by atoms with Crippen LogP contribution in [0.2, 0.25) is 5.02 Å². The quantitative estimate of drug-likeness (QED) is 0.714. The molecular formula is C16H24ClNO4S. The van der Waals surface area contributed by atoms with Crippen molar-refractivity contribution in [1.82, 2.24) is 4.90 Å². The average molecular weight is 362 g/mol. The molecule has 0 atom stereocenters. The minimum absolute atomic E-state index is 0.0266. The van der Waals surface area contributed by atoms with E-state index in [0.29, 0.717) is 18.7 Å². The van der Waals surface area contributed by atoms with Crippen LogP contribution in [0.1, 0.15) is 37.0 Å². The lowest BCUT2D eigenvalue weighted by molar-refractivity contribution is 0.0589. The largest absolute Gasteiger partial charge is 0.383 e. The molecule has 0 saturated carbocycles. The molecule has 0 saturated heterocycles. The monoisotopic (exact) mass is 361 g/mol. The number of amides is 1. The molecule has 1 aromatic rings. The minimum Gasteiger partial charge on any atom is -0.383 e. The first kappa shape index (κ1) is 19.9. The maximum Gasteiger partial charge on any atom is 0.254 e. The van der Waals surface area contributed by atoms with Crippen LogP contribution in [0.5, 0.6) is 0 Å². The molecule has 0 unspecified atom stereocenters. The summed E-state index contributed by atoms with van der Waals surface area (Å²) in [4.78, 5) is 14.5. The lowest BCUT2D eigenvalue weighted by Crippen LogP contribution is -2.41. The molecule has 23 heavy (non-hydrogen) atoms. The molecule has 1 aromatic carbocycles. The van der Waals surface area contributed by atoms with Gasteiger partial charge in [-0.1, -0.05) is 25.4 Å². The number of rotatable bonds is 8. The topological polar surface area (TPSA) is 63.7 Å². The van der Waals surface area contributed by atoms with E-state index in [9.17, 15) is 13.2 Å². The van der Waals surface area contributed by atoms with Crippen molar-refractivity contribution in [1.29, 1.82) is 0 Å². The maximum absolute atomic E-state index is 12.8. The highest BCUT2D eigenvalue weighted by Gasteiger charge is 2.24. The van der Waals surface area contributed by atoms with Crippen LogP contribution in [0.4, 0.5) is 0 Å². The molecular weight excluding hydrogens is 338 g/mol. The van der Waals surface area contributed by atoms with Crippen LogP contribution < -0.4 is 0 Å². The fourth-order valence-corrected chi connectivity index (χ4v) is 3.76. The van der Waals surface area contributed by atoms with E-state index in [-0.39, 0.29) is 21.9 Å². The first-order valence-corrected chi connectivity index (χ1v) is 9.82. The van der Waals surface area contributed by atoms with Gasteiger partial charge in [0.1, 0.15) is 0 Å². The van der Waals surface area contributed by atoms with Crippen molar-refractivity contribution in [2.75, 3.05) is 26.5 Å². The minimum atomic E-state index is -3.49. The second kappa shape index (κ2) is 8.66. The number of halogens is 1. The molecule has 0 spiro atoms. The van der Waals surface area contributed by atoms with Crippen LogP contribution in [-0.4, -0.2) is 51.8 Å². The van der Waals surface area contributed by atoms with Crippen molar-refractivity contribution in [3.8, 4) is 0 Å². The number of methoxy groups -OCH3 is 1. The molecule has 0 radical (unpaired) electrons. The molecule has 0 aliphatic rings. The van der Waals surface area contributed by atoms with Gasteiger partial charge in [-0.15, -0.1) is 0 Å². The number of benzene rings is 1. The van der Waals surface area contributed by atoms with Gasteiger partial charge in [0.15, 0.2) is 9.84 Å². The van der Waals surface area contributed by atoms with Gasteiger partial charge in [-0.25, -0.2) is 8.42 Å². The van der Waals surface area contributed by atoms with Crippen molar-refractivity contribution in [2.45, 2.75) is 37.6 Å². The number of carbonyl (C=O) groups excluding carboxylic acids is 1. The number of nitrogens with zero attached hydrogens (tertiary/aromatic N) is 1. The predicted octanol–water partition coefficient (Wildman–Crippen LogP) is 3.02. The van der Waals surface area contributed by atoms with Gasteiger partial charge in [-0.3, -0.25) is 4.79 Å². The Morgan fingerprint density at radius 1 is 1.30 bits per heavy atom. The molecule has 0 bridgehead atoms. The van der Waals surface area contributed by atoms with Crippen molar-refractivity contribution < 1.29 is 17.9 Å². The fraction of sp³-hybridized carbons (Fsp3) is 0.562.